The quantitative estimate of drug-likeness (QED) is 0.0841. The Morgan fingerprint density at radius 1 is 1.08 bits per heavy atom. The van der Waals surface area contributed by atoms with Crippen LogP contribution in [0.5, 0.6) is 0 Å². The van der Waals surface area contributed by atoms with Gasteiger partial charge in [0.2, 0.25) is 5.82 Å². The molecule has 0 saturated heterocycles. The van der Waals surface area contributed by atoms with E-state index in [0.717, 1.165) is 9.86 Å². The lowest BCUT2D eigenvalue weighted by Gasteiger charge is -2.12. The van der Waals surface area contributed by atoms with Crippen LogP contribution in [0.3, 0.4) is 0 Å². The van der Waals surface area contributed by atoms with E-state index in [1.54, 1.807) is 66.2 Å². The van der Waals surface area contributed by atoms with Crippen molar-refractivity contribution >= 4 is 78.3 Å². The van der Waals surface area contributed by atoms with Crippen molar-refractivity contribution in [2.45, 2.75) is 0 Å². The molecule has 3 aromatic carbocycles. The summed E-state index contributed by atoms with van der Waals surface area (Å²) >= 11 is 5.44. The molecule has 0 atom stereocenters. The molecule has 38 heavy (non-hydrogen) atoms. The fourth-order valence-electron chi connectivity index (χ4n) is 3.98. The van der Waals surface area contributed by atoms with Crippen molar-refractivity contribution in [2.24, 2.45) is 12.2 Å². The number of carbonyl (C=O) groups excluding carboxylic acids is 2. The van der Waals surface area contributed by atoms with Crippen LogP contribution >= 0.6 is 38.5 Å². The number of nitrogens with zero attached hydrogens (tertiary/aromatic N) is 7. The van der Waals surface area contributed by atoms with Gasteiger partial charge < -0.3 is 15.2 Å². The van der Waals surface area contributed by atoms with E-state index in [-0.39, 0.29) is 11.8 Å². The average molecular weight is 683 g/mol. The summed E-state index contributed by atoms with van der Waals surface area (Å²) in [6, 6.07) is 17.3. The van der Waals surface area contributed by atoms with Crippen LogP contribution in [0.2, 0.25) is 0 Å². The molecular weight excluding hydrogens is 667 g/mol. The first-order valence-electron chi connectivity index (χ1n) is 10.9. The number of nitrogens with one attached hydrogen (secondary N) is 3. The Kier molecular flexibility index (Phi) is 7.09. The van der Waals surface area contributed by atoms with Gasteiger partial charge in [0.05, 0.1) is 22.6 Å². The number of fused-ring (bicyclic) bond motifs is 1. The van der Waals surface area contributed by atoms with E-state index in [9.17, 15) is 9.59 Å². The molecule has 0 fully saturated rings. The molecule has 0 aliphatic rings. The fourth-order valence-corrected chi connectivity index (χ4v) is 4.96. The zero-order valence-electron chi connectivity index (χ0n) is 19.5. The molecule has 0 bridgehead atoms. The van der Waals surface area contributed by atoms with Crippen LogP contribution in [-0.4, -0.2) is 37.0 Å². The van der Waals surface area contributed by atoms with E-state index < -0.39 is 0 Å². The number of tetrazole rings is 1. The summed E-state index contributed by atoms with van der Waals surface area (Å²) in [5.74, 6) is -0.350. The van der Waals surface area contributed by atoms with Crippen LogP contribution in [0.15, 0.2) is 70.3 Å². The summed E-state index contributed by atoms with van der Waals surface area (Å²) in [5.41, 5.74) is 12.2. The normalized spacial score (nSPS) is 10.7. The molecule has 0 saturated carbocycles. The van der Waals surface area contributed by atoms with Crippen LogP contribution in [-0.2, 0) is 7.05 Å². The summed E-state index contributed by atoms with van der Waals surface area (Å²) in [5, 5.41) is 24.3. The maximum atomic E-state index is 13.4. The number of aromatic amines is 1. The molecule has 12 nitrogen and oxygen atoms in total. The monoisotopic (exact) mass is 682 g/mol. The number of halogens is 2. The van der Waals surface area contributed by atoms with E-state index in [1.807, 2.05) is 28.7 Å². The molecule has 14 heteroatoms. The Bertz CT molecular complexity index is 1760. The zero-order chi connectivity index (χ0) is 26.8. The van der Waals surface area contributed by atoms with Gasteiger partial charge in [-0.25, -0.2) is 0 Å². The van der Waals surface area contributed by atoms with Crippen molar-refractivity contribution < 1.29 is 9.59 Å². The molecule has 0 spiro atoms. The van der Waals surface area contributed by atoms with Crippen LogP contribution in [0.25, 0.3) is 32.7 Å². The third-order valence-electron chi connectivity index (χ3n) is 5.72. The lowest BCUT2D eigenvalue weighted by Crippen LogP contribution is -2.17. The molecular formula is C24H16BrIN10O2. The molecule has 0 aliphatic heterocycles. The molecule has 0 unspecified atom stereocenters. The number of hydrogen-bond donors (Lipinski definition) is 3. The van der Waals surface area contributed by atoms with Gasteiger partial charge in [-0.2, -0.15) is 5.21 Å². The largest absolute Gasteiger partial charge is 0.338 e. The number of benzene rings is 3. The van der Waals surface area contributed by atoms with Gasteiger partial charge in [0, 0.05) is 36.5 Å². The van der Waals surface area contributed by atoms with Gasteiger partial charge in [-0.3, -0.25) is 9.59 Å². The minimum absolute atomic E-state index is 0.338. The molecule has 2 heterocycles. The van der Waals surface area contributed by atoms with Crippen molar-refractivity contribution in [3.8, 4) is 11.4 Å². The van der Waals surface area contributed by atoms with Crippen LogP contribution in [0.4, 0.5) is 17.1 Å². The molecule has 5 aromatic rings. The number of para-hydroxylation sites is 1. The summed E-state index contributed by atoms with van der Waals surface area (Å²) in [7, 11) is 1.76. The number of carbonyl (C=O) groups is 2. The maximum absolute atomic E-state index is 13.4. The third kappa shape index (κ3) is 4.96. The molecule has 188 valence electrons. The van der Waals surface area contributed by atoms with E-state index in [0.29, 0.717) is 48.8 Å². The second kappa shape index (κ2) is 10.6. The highest BCUT2D eigenvalue weighted by atomic mass is 127. The highest BCUT2D eigenvalue weighted by Crippen LogP contribution is 2.31. The smallest absolute Gasteiger partial charge is 0.272 e. The Morgan fingerprint density at radius 2 is 1.89 bits per heavy atom. The van der Waals surface area contributed by atoms with Gasteiger partial charge in [0.15, 0.2) is 0 Å². The molecule has 5 rings (SSSR count). The van der Waals surface area contributed by atoms with Gasteiger partial charge in [-0.15, -0.1) is 10.2 Å². The van der Waals surface area contributed by atoms with Crippen LogP contribution in [0, 0.1) is 3.57 Å². The highest BCUT2D eigenvalue weighted by Gasteiger charge is 2.19. The van der Waals surface area contributed by atoms with E-state index >= 15 is 0 Å². The number of aryl methyl sites for hydroxylation is 1. The average Bonchev–Trinajstić information content (AvgIpc) is 3.55. The summed E-state index contributed by atoms with van der Waals surface area (Å²) in [4.78, 5) is 29.2. The van der Waals surface area contributed by atoms with E-state index in [1.165, 1.54) is 0 Å². The number of azide groups is 1. The molecule has 3 N–H and O–H groups in total. The Hall–Kier alpha value is -4.27. The zero-order valence-corrected chi connectivity index (χ0v) is 23.2. The molecule has 0 radical (unpaired) electrons. The lowest BCUT2D eigenvalue weighted by molar-refractivity contribution is 0.101. The third-order valence-corrected chi connectivity index (χ3v) is 7.07. The first-order chi connectivity index (χ1) is 18.4. The van der Waals surface area contributed by atoms with E-state index in [4.69, 9.17) is 5.53 Å². The van der Waals surface area contributed by atoms with Crippen LogP contribution in [0.1, 0.15) is 20.8 Å². The first kappa shape index (κ1) is 25.4. The van der Waals surface area contributed by atoms with Crippen molar-refractivity contribution in [1.82, 2.24) is 25.2 Å². The van der Waals surface area contributed by atoms with Gasteiger partial charge in [-0.05, 0) is 75.8 Å². The Morgan fingerprint density at radius 3 is 2.63 bits per heavy atom. The number of amides is 2. The minimum atomic E-state index is -0.351. The second-order valence-electron chi connectivity index (χ2n) is 8.02. The predicted molar refractivity (Wildman–Crippen MR) is 154 cm³/mol. The van der Waals surface area contributed by atoms with Gasteiger partial charge in [0.25, 0.3) is 11.8 Å². The summed E-state index contributed by atoms with van der Waals surface area (Å²) < 4.78 is 3.17. The van der Waals surface area contributed by atoms with Crippen molar-refractivity contribution in [2.75, 3.05) is 10.6 Å². The number of H-pyrrole nitrogens is 1. The van der Waals surface area contributed by atoms with Crippen molar-refractivity contribution in [1.29, 1.82) is 0 Å². The Balaban J connectivity index is 1.45. The molecule has 0 aliphatic carbocycles. The lowest BCUT2D eigenvalue weighted by atomic mass is 10.1. The summed E-state index contributed by atoms with van der Waals surface area (Å²) in [6.07, 6.45) is 0. The molecule has 2 amide bonds. The number of hydrogen-bond acceptors (Lipinski definition) is 6. The fraction of sp³-hybridized carbons (Fsp3) is 0.0417. The van der Waals surface area contributed by atoms with Crippen molar-refractivity contribution in [3.63, 3.8) is 0 Å². The maximum Gasteiger partial charge on any atom is 0.272 e. The SMILES string of the molecule is Cn1c(C(=O)Nc2ccc(Br)cc2-c2nn[nH]n2)cc2cccc(NC(=O)c3ccc(N=[N+]=[N-])c(I)c3)c21. The van der Waals surface area contributed by atoms with E-state index in [2.05, 4.69) is 57.2 Å². The standard InChI is InChI=1S/C24H16BrIN10O2/c1-36-20(24(38)28-17-8-6-14(25)11-15(17)22-31-34-35-32-22)10-12-3-2-4-19(21(12)36)29-23(37)13-5-7-18(30-33-27)16(26)9-13/h2-11H,1H3,(H,28,38)(H,29,37)(H,31,32,34,35). The highest BCUT2D eigenvalue weighted by molar-refractivity contribution is 14.1. The first-order valence-corrected chi connectivity index (χ1v) is 12.8. The van der Waals surface area contributed by atoms with Gasteiger partial charge >= 0.3 is 0 Å². The summed E-state index contributed by atoms with van der Waals surface area (Å²) in [6.45, 7) is 0. The Labute approximate surface area is 236 Å². The van der Waals surface area contributed by atoms with Gasteiger partial charge in [-0.1, -0.05) is 39.2 Å². The van der Waals surface area contributed by atoms with Crippen molar-refractivity contribution in [3.05, 3.63) is 90.4 Å². The van der Waals surface area contributed by atoms with Crippen LogP contribution < -0.4 is 10.6 Å². The van der Waals surface area contributed by atoms with Gasteiger partial charge in [0.1, 0.15) is 5.69 Å². The number of rotatable bonds is 6. The number of aromatic nitrogens is 5. The topological polar surface area (TPSA) is 166 Å². The second-order valence-corrected chi connectivity index (χ2v) is 10.1. The predicted octanol–water partition coefficient (Wildman–Crippen LogP) is 6.17. The number of anilines is 2. The molecule has 2 aromatic heterocycles. The minimum Gasteiger partial charge on any atom is -0.338 e.